The Hall–Kier alpha value is -2.67. The zero-order valence-electron chi connectivity index (χ0n) is 14.7. The quantitative estimate of drug-likeness (QED) is 0.609. The summed E-state index contributed by atoms with van der Waals surface area (Å²) in [5.74, 6) is 0.537. The van der Waals surface area contributed by atoms with Gasteiger partial charge >= 0.3 is 6.09 Å². The molecule has 4 rings (SSSR count). The largest absolute Gasteiger partial charge is 0.415 e. The summed E-state index contributed by atoms with van der Waals surface area (Å²) in [6.07, 6.45) is 8.39. The van der Waals surface area contributed by atoms with Crippen LogP contribution in [0.2, 0.25) is 0 Å². The molecule has 1 fully saturated rings. The maximum absolute atomic E-state index is 12.2. The van der Waals surface area contributed by atoms with Crippen molar-refractivity contribution in [2.45, 2.75) is 19.3 Å². The second-order valence-electron chi connectivity index (χ2n) is 6.42. The second kappa shape index (κ2) is 7.92. The predicted molar refractivity (Wildman–Crippen MR) is 106 cm³/mol. The Morgan fingerprint density at radius 1 is 1.00 bits per heavy atom. The SMILES string of the molecule is O=C(Oc1ccc(-n2cc(Br)c(-c3ccncc3)n2)cc1)N1CCCCC1. The average molecular weight is 427 g/mol. The van der Waals surface area contributed by atoms with E-state index in [0.717, 1.165) is 47.3 Å². The number of hydrogen-bond acceptors (Lipinski definition) is 4. The third-order valence-corrected chi connectivity index (χ3v) is 5.12. The molecule has 0 N–H and O–H groups in total. The van der Waals surface area contributed by atoms with Gasteiger partial charge in [-0.25, -0.2) is 9.48 Å². The van der Waals surface area contributed by atoms with E-state index >= 15 is 0 Å². The van der Waals surface area contributed by atoms with Crippen LogP contribution in [0.3, 0.4) is 0 Å². The van der Waals surface area contributed by atoms with Crippen LogP contribution in [-0.2, 0) is 0 Å². The monoisotopic (exact) mass is 426 g/mol. The maximum Gasteiger partial charge on any atom is 0.415 e. The lowest BCUT2D eigenvalue weighted by Crippen LogP contribution is -2.37. The molecule has 3 aromatic rings. The fourth-order valence-electron chi connectivity index (χ4n) is 3.10. The third kappa shape index (κ3) is 4.03. The molecule has 1 saturated heterocycles. The molecule has 2 aromatic heterocycles. The summed E-state index contributed by atoms with van der Waals surface area (Å²) in [5.41, 5.74) is 2.72. The van der Waals surface area contributed by atoms with Gasteiger partial charge in [0, 0.05) is 37.2 Å². The molecule has 0 aliphatic carbocycles. The molecular weight excluding hydrogens is 408 g/mol. The number of ether oxygens (including phenoxy) is 1. The van der Waals surface area contributed by atoms with E-state index in [1.165, 1.54) is 6.42 Å². The van der Waals surface area contributed by atoms with Gasteiger partial charge in [0.25, 0.3) is 0 Å². The molecule has 27 heavy (non-hydrogen) atoms. The molecule has 7 heteroatoms. The van der Waals surface area contributed by atoms with Crippen molar-refractivity contribution in [2.75, 3.05) is 13.1 Å². The number of piperidine rings is 1. The van der Waals surface area contributed by atoms with Gasteiger partial charge in [0.2, 0.25) is 0 Å². The lowest BCUT2D eigenvalue weighted by atomic mass is 10.1. The first kappa shape index (κ1) is 17.7. The first-order valence-corrected chi connectivity index (χ1v) is 9.73. The average Bonchev–Trinajstić information content (AvgIpc) is 3.11. The molecule has 0 unspecified atom stereocenters. The Morgan fingerprint density at radius 3 is 2.41 bits per heavy atom. The fourth-order valence-corrected chi connectivity index (χ4v) is 3.60. The zero-order chi connectivity index (χ0) is 18.6. The molecule has 0 radical (unpaired) electrons. The van der Waals surface area contributed by atoms with Crippen LogP contribution in [-0.4, -0.2) is 38.8 Å². The van der Waals surface area contributed by atoms with E-state index in [0.29, 0.717) is 5.75 Å². The highest BCUT2D eigenvalue weighted by Gasteiger charge is 2.18. The topological polar surface area (TPSA) is 60.3 Å². The van der Waals surface area contributed by atoms with E-state index in [1.807, 2.05) is 30.5 Å². The van der Waals surface area contributed by atoms with Gasteiger partial charge in [0.15, 0.2) is 0 Å². The number of nitrogens with zero attached hydrogens (tertiary/aromatic N) is 4. The van der Waals surface area contributed by atoms with Crippen molar-refractivity contribution in [3.05, 3.63) is 59.5 Å². The summed E-state index contributed by atoms with van der Waals surface area (Å²) in [4.78, 5) is 18.0. The Bertz CT molecular complexity index is 919. The van der Waals surface area contributed by atoms with Crippen LogP contribution in [0.25, 0.3) is 16.9 Å². The Kier molecular flexibility index (Phi) is 5.20. The molecule has 1 aliphatic heterocycles. The van der Waals surface area contributed by atoms with Crippen molar-refractivity contribution in [3.8, 4) is 22.7 Å². The Morgan fingerprint density at radius 2 is 1.70 bits per heavy atom. The number of carbonyl (C=O) groups excluding carboxylic acids is 1. The molecule has 0 atom stereocenters. The van der Waals surface area contributed by atoms with E-state index in [4.69, 9.17) is 4.74 Å². The van der Waals surface area contributed by atoms with Crippen LogP contribution in [0, 0.1) is 0 Å². The predicted octanol–water partition coefficient (Wildman–Crippen LogP) is 4.68. The number of hydrogen-bond donors (Lipinski definition) is 0. The lowest BCUT2D eigenvalue weighted by Gasteiger charge is -2.25. The number of benzene rings is 1. The fraction of sp³-hybridized carbons (Fsp3) is 0.250. The lowest BCUT2D eigenvalue weighted by molar-refractivity contribution is 0.142. The van der Waals surface area contributed by atoms with Crippen LogP contribution in [0.4, 0.5) is 4.79 Å². The number of amides is 1. The summed E-state index contributed by atoms with van der Waals surface area (Å²) in [7, 11) is 0. The van der Waals surface area contributed by atoms with Crippen LogP contribution in [0.1, 0.15) is 19.3 Å². The molecule has 6 nitrogen and oxygen atoms in total. The van der Waals surface area contributed by atoms with Crippen molar-refractivity contribution in [3.63, 3.8) is 0 Å². The van der Waals surface area contributed by atoms with Crippen molar-refractivity contribution < 1.29 is 9.53 Å². The van der Waals surface area contributed by atoms with Gasteiger partial charge < -0.3 is 9.64 Å². The standard InChI is InChI=1S/C20H19BrN4O2/c21-18-14-25(23-19(18)15-8-10-22-11-9-15)16-4-6-17(7-5-16)27-20(26)24-12-2-1-3-13-24/h4-11,14H,1-3,12-13H2. The number of aromatic nitrogens is 3. The molecule has 138 valence electrons. The third-order valence-electron chi connectivity index (χ3n) is 4.54. The molecular formula is C20H19BrN4O2. The number of rotatable bonds is 3. The smallest absolute Gasteiger partial charge is 0.410 e. The van der Waals surface area contributed by atoms with Gasteiger partial charge in [-0.2, -0.15) is 5.10 Å². The first-order valence-electron chi connectivity index (χ1n) is 8.93. The molecule has 1 aromatic carbocycles. The van der Waals surface area contributed by atoms with Crippen LogP contribution in [0.15, 0.2) is 59.5 Å². The summed E-state index contributed by atoms with van der Waals surface area (Å²) in [6, 6.07) is 11.2. The summed E-state index contributed by atoms with van der Waals surface area (Å²) < 4.78 is 8.17. The minimum Gasteiger partial charge on any atom is -0.410 e. The van der Waals surface area contributed by atoms with Gasteiger partial charge in [0.05, 0.1) is 10.2 Å². The molecule has 0 saturated carbocycles. The van der Waals surface area contributed by atoms with Gasteiger partial charge in [0.1, 0.15) is 11.4 Å². The van der Waals surface area contributed by atoms with E-state index in [-0.39, 0.29) is 6.09 Å². The molecule has 0 bridgehead atoms. The Labute approximate surface area is 165 Å². The van der Waals surface area contributed by atoms with Crippen molar-refractivity contribution >= 4 is 22.0 Å². The molecule has 3 heterocycles. The van der Waals surface area contributed by atoms with Crippen molar-refractivity contribution in [1.82, 2.24) is 19.7 Å². The van der Waals surface area contributed by atoms with Gasteiger partial charge in [-0.15, -0.1) is 0 Å². The van der Waals surface area contributed by atoms with E-state index in [1.54, 1.807) is 34.1 Å². The van der Waals surface area contributed by atoms with Gasteiger partial charge in [-0.05, 0) is 71.6 Å². The van der Waals surface area contributed by atoms with Crippen LogP contribution >= 0.6 is 15.9 Å². The second-order valence-corrected chi connectivity index (χ2v) is 7.27. The van der Waals surface area contributed by atoms with E-state index < -0.39 is 0 Å². The molecule has 1 aliphatic rings. The number of halogens is 1. The Balaban J connectivity index is 1.48. The van der Waals surface area contributed by atoms with Crippen LogP contribution in [0.5, 0.6) is 5.75 Å². The highest BCUT2D eigenvalue weighted by atomic mass is 79.9. The van der Waals surface area contributed by atoms with Crippen molar-refractivity contribution in [2.24, 2.45) is 0 Å². The van der Waals surface area contributed by atoms with E-state index in [9.17, 15) is 4.79 Å². The van der Waals surface area contributed by atoms with E-state index in [2.05, 4.69) is 26.0 Å². The summed E-state index contributed by atoms with van der Waals surface area (Å²) >= 11 is 3.56. The summed E-state index contributed by atoms with van der Waals surface area (Å²) in [6.45, 7) is 1.55. The minimum absolute atomic E-state index is 0.274. The van der Waals surface area contributed by atoms with Crippen LogP contribution < -0.4 is 4.74 Å². The van der Waals surface area contributed by atoms with Gasteiger partial charge in [-0.3, -0.25) is 4.98 Å². The first-order chi connectivity index (χ1) is 13.2. The maximum atomic E-state index is 12.2. The van der Waals surface area contributed by atoms with Crippen molar-refractivity contribution in [1.29, 1.82) is 0 Å². The minimum atomic E-state index is -0.274. The molecule has 0 spiro atoms. The zero-order valence-corrected chi connectivity index (χ0v) is 16.3. The molecule has 1 amide bonds. The van der Waals surface area contributed by atoms with Gasteiger partial charge in [-0.1, -0.05) is 0 Å². The highest BCUT2D eigenvalue weighted by molar-refractivity contribution is 9.10. The normalized spacial score (nSPS) is 14.2. The highest BCUT2D eigenvalue weighted by Crippen LogP contribution is 2.28. The number of carbonyl (C=O) groups is 1. The summed E-state index contributed by atoms with van der Waals surface area (Å²) in [5, 5.41) is 4.64. The number of pyridine rings is 1. The number of likely N-dealkylation sites (tertiary alicyclic amines) is 1.